The fourth-order valence-electron chi connectivity index (χ4n) is 3.50. The lowest BCUT2D eigenvalue weighted by atomic mass is 10.2. The Balaban J connectivity index is 1.19. The summed E-state index contributed by atoms with van der Waals surface area (Å²) in [5.74, 6) is -0.555. The van der Waals surface area contributed by atoms with Gasteiger partial charge in [-0.15, -0.1) is 11.3 Å². The maximum Gasteiger partial charge on any atom is 0.234 e. The number of benzene rings is 2. The van der Waals surface area contributed by atoms with E-state index in [4.69, 9.17) is 0 Å². The zero-order valence-corrected chi connectivity index (χ0v) is 17.9. The number of hydrogen-bond acceptors (Lipinski definition) is 5. The van der Waals surface area contributed by atoms with Gasteiger partial charge in [-0.3, -0.25) is 14.6 Å². The molecule has 1 aliphatic heterocycles. The van der Waals surface area contributed by atoms with Gasteiger partial charge in [-0.1, -0.05) is 12.1 Å². The van der Waals surface area contributed by atoms with Crippen LogP contribution in [0.5, 0.6) is 0 Å². The number of rotatable bonds is 7. The molecule has 0 aliphatic carbocycles. The summed E-state index contributed by atoms with van der Waals surface area (Å²) in [5.41, 5.74) is 2.67. The number of piperazine rings is 1. The highest BCUT2D eigenvalue weighted by molar-refractivity contribution is 7.09. The molecule has 0 bridgehead atoms. The summed E-state index contributed by atoms with van der Waals surface area (Å²) in [7, 11) is 0. The molecule has 1 aliphatic rings. The summed E-state index contributed by atoms with van der Waals surface area (Å²) in [6.07, 6.45) is 0. The van der Waals surface area contributed by atoms with Crippen LogP contribution < -0.4 is 5.32 Å². The largest absolute Gasteiger partial charge is 0.351 e. The minimum Gasteiger partial charge on any atom is -0.351 e. The molecular formula is C23H24F2N4OS. The Morgan fingerprint density at radius 2 is 1.55 bits per heavy atom. The molecule has 162 valence electrons. The summed E-state index contributed by atoms with van der Waals surface area (Å²) in [6, 6.07) is 12.5. The van der Waals surface area contributed by atoms with Crippen molar-refractivity contribution in [1.82, 2.24) is 20.1 Å². The number of nitrogens with one attached hydrogen (secondary N) is 1. The van der Waals surface area contributed by atoms with Crippen molar-refractivity contribution in [2.45, 2.75) is 13.1 Å². The highest BCUT2D eigenvalue weighted by Gasteiger charge is 2.20. The van der Waals surface area contributed by atoms with Crippen LogP contribution in [0.25, 0.3) is 11.3 Å². The van der Waals surface area contributed by atoms with Crippen molar-refractivity contribution in [3.63, 3.8) is 0 Å². The van der Waals surface area contributed by atoms with Crippen LogP contribution in [0, 0.1) is 11.6 Å². The van der Waals surface area contributed by atoms with E-state index < -0.39 is 0 Å². The van der Waals surface area contributed by atoms with Gasteiger partial charge >= 0.3 is 0 Å². The fourth-order valence-corrected chi connectivity index (χ4v) is 4.34. The van der Waals surface area contributed by atoms with E-state index in [-0.39, 0.29) is 17.5 Å². The highest BCUT2D eigenvalue weighted by Crippen LogP contribution is 2.23. The van der Waals surface area contributed by atoms with Gasteiger partial charge in [-0.05, 0) is 42.0 Å². The van der Waals surface area contributed by atoms with E-state index in [1.165, 1.54) is 24.3 Å². The summed E-state index contributed by atoms with van der Waals surface area (Å²) in [5, 5.41) is 5.93. The van der Waals surface area contributed by atoms with Crippen molar-refractivity contribution < 1.29 is 13.6 Å². The van der Waals surface area contributed by atoms with Crippen LogP contribution in [0.4, 0.5) is 8.78 Å². The van der Waals surface area contributed by atoms with Gasteiger partial charge in [0.05, 0.1) is 18.8 Å². The lowest BCUT2D eigenvalue weighted by molar-refractivity contribution is -0.122. The molecule has 0 spiro atoms. The Hall–Kier alpha value is -2.68. The van der Waals surface area contributed by atoms with Crippen LogP contribution in [-0.2, 0) is 17.9 Å². The number of hydrogen-bond donors (Lipinski definition) is 1. The van der Waals surface area contributed by atoms with E-state index in [1.807, 2.05) is 5.38 Å². The van der Waals surface area contributed by atoms with Crippen LogP contribution >= 0.6 is 11.3 Å². The number of carbonyl (C=O) groups is 1. The van der Waals surface area contributed by atoms with Crippen molar-refractivity contribution in [2.24, 2.45) is 0 Å². The van der Waals surface area contributed by atoms with Gasteiger partial charge in [0.15, 0.2) is 0 Å². The first kappa shape index (κ1) is 21.5. The first-order chi connectivity index (χ1) is 15.0. The maximum absolute atomic E-state index is 13.1. The van der Waals surface area contributed by atoms with E-state index in [2.05, 4.69) is 20.1 Å². The third kappa shape index (κ3) is 6.16. The van der Waals surface area contributed by atoms with E-state index in [9.17, 15) is 13.6 Å². The molecule has 1 aromatic heterocycles. The molecule has 1 saturated heterocycles. The van der Waals surface area contributed by atoms with Gasteiger partial charge in [-0.2, -0.15) is 0 Å². The van der Waals surface area contributed by atoms with Crippen molar-refractivity contribution in [3.05, 3.63) is 76.1 Å². The zero-order chi connectivity index (χ0) is 21.6. The molecule has 3 aromatic rings. The number of carbonyl (C=O) groups excluding carboxylic acids is 1. The molecule has 2 aromatic carbocycles. The van der Waals surface area contributed by atoms with Crippen LogP contribution in [0.1, 0.15) is 10.6 Å². The van der Waals surface area contributed by atoms with Crippen molar-refractivity contribution in [2.75, 3.05) is 32.7 Å². The molecule has 1 N–H and O–H groups in total. The topological polar surface area (TPSA) is 48.5 Å². The number of halogens is 2. The van der Waals surface area contributed by atoms with Gasteiger partial charge in [0, 0.05) is 43.7 Å². The van der Waals surface area contributed by atoms with Gasteiger partial charge < -0.3 is 5.32 Å². The van der Waals surface area contributed by atoms with Crippen LogP contribution in [0.15, 0.2) is 53.9 Å². The smallest absolute Gasteiger partial charge is 0.234 e. The fraction of sp³-hybridized carbons (Fsp3) is 0.304. The molecule has 31 heavy (non-hydrogen) atoms. The molecule has 0 atom stereocenters. The molecule has 5 nitrogen and oxygen atoms in total. The average molecular weight is 443 g/mol. The number of amides is 1. The predicted molar refractivity (Wildman–Crippen MR) is 117 cm³/mol. The molecule has 0 unspecified atom stereocenters. The van der Waals surface area contributed by atoms with E-state index in [1.54, 1.807) is 35.6 Å². The van der Waals surface area contributed by atoms with Crippen LogP contribution in [-0.4, -0.2) is 53.4 Å². The lowest BCUT2D eigenvalue weighted by Gasteiger charge is -2.33. The van der Waals surface area contributed by atoms with Gasteiger partial charge in [0.2, 0.25) is 5.91 Å². The molecule has 0 saturated carbocycles. The number of aromatic nitrogens is 1. The molecule has 1 fully saturated rings. The Labute approximate surface area is 184 Å². The highest BCUT2D eigenvalue weighted by atomic mass is 32.1. The SMILES string of the molecule is O=C(CN1CCN(Cc2nc(-c3ccc(F)cc3)cs2)CC1)NCc1ccc(F)cc1. The molecule has 8 heteroatoms. The van der Waals surface area contributed by atoms with Gasteiger partial charge in [-0.25, -0.2) is 13.8 Å². The van der Waals surface area contributed by atoms with Crippen molar-refractivity contribution >= 4 is 17.2 Å². The van der Waals surface area contributed by atoms with Crippen LogP contribution in [0.3, 0.4) is 0 Å². The second kappa shape index (κ2) is 10.1. The lowest BCUT2D eigenvalue weighted by Crippen LogP contribution is -2.49. The first-order valence-corrected chi connectivity index (χ1v) is 11.1. The Morgan fingerprint density at radius 3 is 2.23 bits per heavy atom. The Kier molecular flexibility index (Phi) is 7.01. The van der Waals surface area contributed by atoms with Crippen LogP contribution in [0.2, 0.25) is 0 Å². The maximum atomic E-state index is 13.1. The average Bonchev–Trinajstić information content (AvgIpc) is 3.24. The second-order valence-electron chi connectivity index (χ2n) is 7.59. The zero-order valence-electron chi connectivity index (χ0n) is 17.1. The van der Waals surface area contributed by atoms with Gasteiger partial charge in [0.1, 0.15) is 16.6 Å². The van der Waals surface area contributed by atoms with Crippen molar-refractivity contribution in [3.8, 4) is 11.3 Å². The molecule has 4 rings (SSSR count). The number of thiazole rings is 1. The first-order valence-electron chi connectivity index (χ1n) is 10.2. The Morgan fingerprint density at radius 1 is 0.935 bits per heavy atom. The minimum atomic E-state index is -0.280. The van der Waals surface area contributed by atoms with E-state index >= 15 is 0 Å². The molecular weight excluding hydrogens is 418 g/mol. The quantitative estimate of drug-likeness (QED) is 0.608. The van der Waals surface area contributed by atoms with E-state index in [0.717, 1.165) is 54.6 Å². The minimum absolute atomic E-state index is 0.0263. The monoisotopic (exact) mass is 442 g/mol. The molecule has 1 amide bonds. The summed E-state index contributed by atoms with van der Waals surface area (Å²) in [6.45, 7) is 4.92. The summed E-state index contributed by atoms with van der Waals surface area (Å²) < 4.78 is 26.0. The van der Waals surface area contributed by atoms with E-state index in [0.29, 0.717) is 13.1 Å². The van der Waals surface area contributed by atoms with Crippen molar-refractivity contribution in [1.29, 1.82) is 0 Å². The Bertz CT molecular complexity index is 999. The number of nitrogens with zero attached hydrogens (tertiary/aromatic N) is 3. The third-order valence-electron chi connectivity index (χ3n) is 5.29. The summed E-state index contributed by atoms with van der Waals surface area (Å²) >= 11 is 1.61. The summed E-state index contributed by atoms with van der Waals surface area (Å²) in [4.78, 5) is 21.4. The third-order valence-corrected chi connectivity index (χ3v) is 6.12. The van der Waals surface area contributed by atoms with Gasteiger partial charge in [0.25, 0.3) is 0 Å². The second-order valence-corrected chi connectivity index (χ2v) is 8.53. The molecule has 0 radical (unpaired) electrons. The predicted octanol–water partition coefficient (Wildman–Crippen LogP) is 3.52. The normalized spacial score (nSPS) is 15.2. The standard InChI is InChI=1S/C23H24F2N4OS/c24-19-5-1-17(2-6-19)13-26-22(30)14-28-9-11-29(12-10-28)15-23-27-21(16-31-23)18-3-7-20(25)8-4-18/h1-8,16H,9-15H2,(H,26,30). The molecule has 2 heterocycles.